The van der Waals surface area contributed by atoms with Crippen LogP contribution >= 0.6 is 0 Å². The third-order valence-electron chi connectivity index (χ3n) is 13.6. The van der Waals surface area contributed by atoms with E-state index in [1.54, 1.807) is 7.11 Å². The molecule has 198 valence electrons. The van der Waals surface area contributed by atoms with Crippen LogP contribution in [0.5, 0.6) is 0 Å². The van der Waals surface area contributed by atoms with E-state index in [0.29, 0.717) is 29.9 Å². The maximum Gasteiger partial charge on any atom is 0.141 e. The number of carbonyl (C=O) groups is 1. The number of allylic oxidation sites excluding steroid dienone is 1. The second kappa shape index (κ2) is 7.82. The van der Waals surface area contributed by atoms with E-state index in [4.69, 9.17) is 4.74 Å². The van der Waals surface area contributed by atoms with Gasteiger partial charge in [0.05, 0.1) is 12.0 Å². The minimum atomic E-state index is -0.703. The summed E-state index contributed by atoms with van der Waals surface area (Å²) in [7, 11) is 1.77. The van der Waals surface area contributed by atoms with Crippen LogP contribution < -0.4 is 0 Å². The van der Waals surface area contributed by atoms with E-state index in [-0.39, 0.29) is 52.0 Å². The molecule has 0 spiro atoms. The van der Waals surface area contributed by atoms with Crippen molar-refractivity contribution in [3.8, 4) is 0 Å². The van der Waals surface area contributed by atoms with Crippen LogP contribution in [0, 0.1) is 56.7 Å². The zero-order valence-corrected chi connectivity index (χ0v) is 23.5. The molecular formula is C31H50O4. The lowest BCUT2D eigenvalue weighted by Crippen LogP contribution is -2.69. The summed E-state index contributed by atoms with van der Waals surface area (Å²) in [4.78, 5) is 13.1. The van der Waals surface area contributed by atoms with Gasteiger partial charge in [-0.05, 0) is 95.9 Å². The van der Waals surface area contributed by atoms with Gasteiger partial charge in [0.2, 0.25) is 0 Å². The van der Waals surface area contributed by atoms with Crippen LogP contribution in [0.25, 0.3) is 0 Å². The summed E-state index contributed by atoms with van der Waals surface area (Å²) >= 11 is 0. The molecule has 0 aliphatic heterocycles. The number of rotatable bonds is 2. The van der Waals surface area contributed by atoms with Gasteiger partial charge in [0.25, 0.3) is 0 Å². The Morgan fingerprint density at radius 3 is 2.29 bits per heavy atom. The molecule has 4 fully saturated rings. The highest BCUT2D eigenvalue weighted by atomic mass is 16.5. The lowest BCUT2D eigenvalue weighted by Gasteiger charge is -2.72. The Morgan fingerprint density at radius 2 is 1.66 bits per heavy atom. The molecule has 0 aromatic heterocycles. The molecule has 5 aliphatic carbocycles. The van der Waals surface area contributed by atoms with E-state index >= 15 is 0 Å². The molecule has 0 saturated heterocycles. The topological polar surface area (TPSA) is 66.8 Å². The van der Waals surface area contributed by atoms with Gasteiger partial charge in [-0.15, -0.1) is 0 Å². The number of aliphatic hydroxyl groups is 2. The smallest absolute Gasteiger partial charge is 0.141 e. The summed E-state index contributed by atoms with van der Waals surface area (Å²) in [6, 6.07) is 0. The van der Waals surface area contributed by atoms with E-state index in [2.05, 4.69) is 41.5 Å². The molecule has 11 atom stereocenters. The lowest BCUT2D eigenvalue weighted by molar-refractivity contribution is -0.224. The van der Waals surface area contributed by atoms with E-state index in [9.17, 15) is 15.0 Å². The second-order valence-electron chi connectivity index (χ2n) is 14.8. The second-order valence-corrected chi connectivity index (χ2v) is 14.8. The van der Waals surface area contributed by atoms with Crippen LogP contribution in [0.15, 0.2) is 11.3 Å². The monoisotopic (exact) mass is 486 g/mol. The van der Waals surface area contributed by atoms with Crippen molar-refractivity contribution >= 4 is 5.78 Å². The first kappa shape index (κ1) is 25.8. The first-order valence-corrected chi connectivity index (χ1v) is 14.4. The van der Waals surface area contributed by atoms with Gasteiger partial charge in [-0.25, -0.2) is 0 Å². The fraction of sp³-hybridized carbons (Fsp3) is 0.903. The predicted molar refractivity (Wildman–Crippen MR) is 139 cm³/mol. The van der Waals surface area contributed by atoms with Gasteiger partial charge < -0.3 is 14.9 Å². The molecular weight excluding hydrogens is 436 g/mol. The molecule has 5 aliphatic rings. The zero-order valence-electron chi connectivity index (χ0n) is 23.5. The largest absolute Gasteiger partial charge is 0.510 e. The van der Waals surface area contributed by atoms with Crippen molar-refractivity contribution in [1.29, 1.82) is 0 Å². The molecule has 35 heavy (non-hydrogen) atoms. The molecule has 0 aromatic rings. The summed E-state index contributed by atoms with van der Waals surface area (Å²) in [5.41, 5.74) is 0.564. The van der Waals surface area contributed by atoms with Crippen LogP contribution in [-0.2, 0) is 9.53 Å². The molecule has 5 rings (SSSR count). The average molecular weight is 487 g/mol. The van der Waals surface area contributed by atoms with Gasteiger partial charge in [0, 0.05) is 19.4 Å². The minimum Gasteiger partial charge on any atom is -0.510 e. The van der Waals surface area contributed by atoms with Gasteiger partial charge >= 0.3 is 0 Å². The minimum absolute atomic E-state index is 0.0288. The molecule has 2 N–H and O–H groups in total. The van der Waals surface area contributed by atoms with Crippen molar-refractivity contribution in [1.82, 2.24) is 0 Å². The number of hydrogen-bond acceptors (Lipinski definition) is 4. The third-order valence-corrected chi connectivity index (χ3v) is 13.6. The number of fused-ring (bicyclic) bond motifs is 7. The highest BCUT2D eigenvalue weighted by Gasteiger charge is 2.72. The van der Waals surface area contributed by atoms with Crippen molar-refractivity contribution in [2.45, 2.75) is 106 Å². The van der Waals surface area contributed by atoms with Gasteiger partial charge in [0.1, 0.15) is 17.6 Å². The van der Waals surface area contributed by atoms with Crippen LogP contribution in [0.4, 0.5) is 0 Å². The highest BCUT2D eigenvalue weighted by molar-refractivity contribution is 5.86. The molecule has 0 amide bonds. The number of Topliss-reactive ketones (excluding diaryl/α,β-unsaturated/α-hetero) is 1. The fourth-order valence-corrected chi connectivity index (χ4v) is 11.0. The maximum absolute atomic E-state index is 13.1. The average Bonchev–Trinajstić information content (AvgIpc) is 2.81. The summed E-state index contributed by atoms with van der Waals surface area (Å²) < 4.78 is 6.29. The Hall–Kier alpha value is -0.870. The van der Waals surface area contributed by atoms with Crippen molar-refractivity contribution in [2.24, 2.45) is 56.7 Å². The van der Waals surface area contributed by atoms with Crippen molar-refractivity contribution < 1.29 is 19.7 Å². The number of carbonyl (C=O) groups excluding carboxylic acids is 1. The van der Waals surface area contributed by atoms with Crippen molar-refractivity contribution in [2.75, 3.05) is 13.7 Å². The summed E-state index contributed by atoms with van der Waals surface area (Å²) in [6.07, 6.45) is 7.80. The number of hydrogen-bond donors (Lipinski definition) is 2. The molecule has 0 radical (unpaired) electrons. The van der Waals surface area contributed by atoms with Crippen molar-refractivity contribution in [3.63, 3.8) is 0 Å². The van der Waals surface area contributed by atoms with Crippen molar-refractivity contribution in [3.05, 3.63) is 11.3 Å². The highest BCUT2D eigenvalue weighted by Crippen LogP contribution is 2.76. The molecule has 0 unspecified atom stereocenters. The van der Waals surface area contributed by atoms with E-state index in [1.165, 1.54) is 24.8 Å². The van der Waals surface area contributed by atoms with Gasteiger partial charge in [0.15, 0.2) is 0 Å². The molecule has 4 saturated carbocycles. The molecule has 0 heterocycles. The Morgan fingerprint density at radius 1 is 0.971 bits per heavy atom. The summed E-state index contributed by atoms with van der Waals surface area (Å²) in [5, 5.41) is 22.7. The fourth-order valence-electron chi connectivity index (χ4n) is 11.0. The first-order valence-electron chi connectivity index (χ1n) is 14.4. The molecule has 4 heteroatoms. The summed E-state index contributed by atoms with van der Waals surface area (Å²) in [6.45, 7) is 16.5. The van der Waals surface area contributed by atoms with E-state index < -0.39 is 5.41 Å². The Balaban J connectivity index is 1.71. The summed E-state index contributed by atoms with van der Waals surface area (Å²) in [5.74, 6) is 2.54. The Labute approximate surface area is 213 Å². The predicted octanol–water partition coefficient (Wildman–Crippen LogP) is 6.72. The van der Waals surface area contributed by atoms with Gasteiger partial charge in [-0.1, -0.05) is 48.5 Å². The van der Waals surface area contributed by atoms with E-state index in [0.717, 1.165) is 25.7 Å². The van der Waals surface area contributed by atoms with E-state index in [1.807, 2.05) is 6.92 Å². The quantitative estimate of drug-likeness (QED) is 0.455. The SMILES string of the molecule is CO[C@@H]1C(O)=C2[C@@H]3[C@@H](C)[C@H](C)CC[C@]3(C)CC[C@@]2(C)[C@]2(C)CC[C@@H]3[C@](C)(CCC(=O)[C@@]3(C)CO)[C@@H]12. The number of ether oxygens (including phenoxy) is 1. The Kier molecular flexibility index (Phi) is 5.76. The first-order chi connectivity index (χ1) is 16.2. The van der Waals surface area contributed by atoms with Crippen LogP contribution in [0.1, 0.15) is 99.8 Å². The van der Waals surface area contributed by atoms with Crippen LogP contribution in [0.3, 0.4) is 0 Å². The lowest BCUT2D eigenvalue weighted by atomic mass is 9.32. The standard InChI is InChI=1S/C31H50O4/c1-18-9-12-27(3)15-16-30(6)23(22(27)19(18)2)24(34)25(35-8)26-28(4)13-11-21(33)29(5,17-32)20(28)10-14-31(26,30)7/h18-20,22,25-26,32,34H,9-17H2,1-8H3/t18-,19+,20-,22+,25-,26-,27-,28+,29+,30-,31-/m1/s1. The third kappa shape index (κ3) is 2.96. The maximum atomic E-state index is 13.1. The van der Waals surface area contributed by atoms with Gasteiger partial charge in [-0.2, -0.15) is 0 Å². The Bertz CT molecular complexity index is 940. The molecule has 0 aromatic carbocycles. The normalized spacial score (nSPS) is 56.1. The molecule has 4 nitrogen and oxygen atoms in total. The number of methoxy groups -OCH3 is 1. The van der Waals surface area contributed by atoms with Crippen LogP contribution in [0.2, 0.25) is 0 Å². The molecule has 0 bridgehead atoms. The number of ketones is 1. The number of aliphatic hydroxyl groups excluding tert-OH is 2. The zero-order chi connectivity index (χ0) is 25.8. The van der Waals surface area contributed by atoms with Crippen LogP contribution in [-0.4, -0.2) is 35.8 Å². The van der Waals surface area contributed by atoms with Gasteiger partial charge in [-0.3, -0.25) is 4.79 Å².